The van der Waals surface area contributed by atoms with Gasteiger partial charge in [0, 0.05) is 19.2 Å². The summed E-state index contributed by atoms with van der Waals surface area (Å²) < 4.78 is 5.65. The first kappa shape index (κ1) is 12.9. The third-order valence-electron chi connectivity index (χ3n) is 2.96. The fourth-order valence-electron chi connectivity index (χ4n) is 2.14. The standard InChI is InChI=1S/C12H25NO2/c1-4-5-11(14)9-13-10-6-7-15-12(2,3)8-10/h10-11,13-14H,4-9H2,1-3H3. The van der Waals surface area contributed by atoms with Crippen LogP contribution in [0.3, 0.4) is 0 Å². The van der Waals surface area contributed by atoms with Crippen LogP contribution in [-0.2, 0) is 4.74 Å². The number of hydrogen-bond donors (Lipinski definition) is 2. The molecule has 0 amide bonds. The van der Waals surface area contributed by atoms with Crippen molar-refractivity contribution in [2.45, 2.75) is 64.2 Å². The lowest BCUT2D eigenvalue weighted by Gasteiger charge is -2.36. The molecule has 2 atom stereocenters. The lowest BCUT2D eigenvalue weighted by Crippen LogP contribution is -2.45. The SMILES string of the molecule is CCCC(O)CNC1CCOC(C)(C)C1. The minimum atomic E-state index is -0.194. The van der Waals surface area contributed by atoms with Gasteiger partial charge in [-0.15, -0.1) is 0 Å². The lowest BCUT2D eigenvalue weighted by molar-refractivity contribution is -0.0639. The Morgan fingerprint density at radius 1 is 1.53 bits per heavy atom. The zero-order valence-corrected chi connectivity index (χ0v) is 10.3. The predicted octanol–water partition coefficient (Wildman–Crippen LogP) is 1.69. The summed E-state index contributed by atoms with van der Waals surface area (Å²) in [6.07, 6.45) is 3.83. The number of ether oxygens (including phenoxy) is 1. The molecule has 1 heterocycles. The van der Waals surface area contributed by atoms with Crippen molar-refractivity contribution in [1.82, 2.24) is 5.32 Å². The van der Waals surface area contributed by atoms with Gasteiger partial charge in [-0.1, -0.05) is 13.3 Å². The van der Waals surface area contributed by atoms with Crippen molar-refractivity contribution in [2.24, 2.45) is 0 Å². The Morgan fingerprint density at radius 2 is 2.27 bits per heavy atom. The Labute approximate surface area is 93.2 Å². The van der Waals surface area contributed by atoms with E-state index in [2.05, 4.69) is 26.1 Å². The van der Waals surface area contributed by atoms with Gasteiger partial charge in [0.2, 0.25) is 0 Å². The number of nitrogens with one attached hydrogen (secondary N) is 1. The van der Waals surface area contributed by atoms with E-state index in [1.165, 1.54) is 0 Å². The molecule has 0 bridgehead atoms. The summed E-state index contributed by atoms with van der Waals surface area (Å²) in [6.45, 7) is 7.90. The van der Waals surface area contributed by atoms with E-state index in [0.717, 1.165) is 32.3 Å². The molecule has 3 heteroatoms. The predicted molar refractivity (Wildman–Crippen MR) is 62.0 cm³/mol. The zero-order valence-electron chi connectivity index (χ0n) is 10.3. The highest BCUT2D eigenvalue weighted by molar-refractivity contribution is 4.83. The topological polar surface area (TPSA) is 41.5 Å². The fourth-order valence-corrected chi connectivity index (χ4v) is 2.14. The van der Waals surface area contributed by atoms with Crippen molar-refractivity contribution in [3.63, 3.8) is 0 Å². The van der Waals surface area contributed by atoms with Crippen LogP contribution in [0.2, 0.25) is 0 Å². The van der Waals surface area contributed by atoms with Gasteiger partial charge in [-0.2, -0.15) is 0 Å². The molecule has 2 N–H and O–H groups in total. The van der Waals surface area contributed by atoms with E-state index in [0.29, 0.717) is 12.6 Å². The first-order valence-electron chi connectivity index (χ1n) is 6.09. The highest BCUT2D eigenvalue weighted by atomic mass is 16.5. The van der Waals surface area contributed by atoms with Gasteiger partial charge in [-0.05, 0) is 33.1 Å². The summed E-state index contributed by atoms with van der Waals surface area (Å²) in [5, 5.41) is 13.0. The molecule has 15 heavy (non-hydrogen) atoms. The van der Waals surface area contributed by atoms with E-state index in [1.54, 1.807) is 0 Å². The average molecular weight is 215 g/mol. The molecule has 2 unspecified atom stereocenters. The summed E-state index contributed by atoms with van der Waals surface area (Å²) in [4.78, 5) is 0. The molecule has 3 nitrogen and oxygen atoms in total. The monoisotopic (exact) mass is 215 g/mol. The van der Waals surface area contributed by atoms with Crippen LogP contribution in [0.4, 0.5) is 0 Å². The summed E-state index contributed by atoms with van der Waals surface area (Å²) in [7, 11) is 0. The molecular formula is C12H25NO2. The van der Waals surface area contributed by atoms with Crippen molar-refractivity contribution >= 4 is 0 Å². The van der Waals surface area contributed by atoms with Crippen LogP contribution in [0.5, 0.6) is 0 Å². The van der Waals surface area contributed by atoms with Gasteiger partial charge in [0.1, 0.15) is 0 Å². The Bertz CT molecular complexity index is 182. The van der Waals surface area contributed by atoms with E-state index >= 15 is 0 Å². The van der Waals surface area contributed by atoms with Gasteiger partial charge in [0.15, 0.2) is 0 Å². The molecule has 0 aromatic rings. The van der Waals surface area contributed by atoms with E-state index in [9.17, 15) is 5.11 Å². The van der Waals surface area contributed by atoms with Crippen molar-refractivity contribution in [3.8, 4) is 0 Å². The normalized spacial score (nSPS) is 27.6. The zero-order chi connectivity index (χ0) is 11.3. The van der Waals surface area contributed by atoms with Crippen molar-refractivity contribution in [2.75, 3.05) is 13.2 Å². The van der Waals surface area contributed by atoms with Crippen molar-refractivity contribution < 1.29 is 9.84 Å². The minimum Gasteiger partial charge on any atom is -0.392 e. The largest absolute Gasteiger partial charge is 0.392 e. The average Bonchev–Trinajstić information content (AvgIpc) is 2.14. The molecule has 1 aliphatic heterocycles. The second-order valence-corrected chi connectivity index (χ2v) is 5.15. The maximum absolute atomic E-state index is 9.62. The van der Waals surface area contributed by atoms with Crippen LogP contribution in [0.1, 0.15) is 46.5 Å². The highest BCUT2D eigenvalue weighted by Gasteiger charge is 2.28. The van der Waals surface area contributed by atoms with Gasteiger partial charge < -0.3 is 15.2 Å². The first-order valence-corrected chi connectivity index (χ1v) is 6.09. The summed E-state index contributed by atoms with van der Waals surface area (Å²) >= 11 is 0. The molecular weight excluding hydrogens is 190 g/mol. The van der Waals surface area contributed by atoms with Gasteiger partial charge in [-0.3, -0.25) is 0 Å². The number of aliphatic hydroxyl groups is 1. The minimum absolute atomic E-state index is 0.00831. The summed E-state index contributed by atoms with van der Waals surface area (Å²) in [6, 6.07) is 0.500. The van der Waals surface area contributed by atoms with Crippen molar-refractivity contribution in [1.29, 1.82) is 0 Å². The summed E-state index contributed by atoms with van der Waals surface area (Å²) in [5.74, 6) is 0. The third kappa shape index (κ3) is 4.96. The molecule has 0 aliphatic carbocycles. The van der Waals surface area contributed by atoms with Crippen molar-refractivity contribution in [3.05, 3.63) is 0 Å². The number of aliphatic hydroxyl groups excluding tert-OH is 1. The van der Waals surface area contributed by atoms with E-state index < -0.39 is 0 Å². The molecule has 1 fully saturated rings. The lowest BCUT2D eigenvalue weighted by atomic mass is 9.94. The Hall–Kier alpha value is -0.120. The molecule has 0 spiro atoms. The van der Waals surface area contributed by atoms with E-state index in [4.69, 9.17) is 4.74 Å². The molecule has 1 aliphatic rings. The van der Waals surface area contributed by atoms with Crippen LogP contribution >= 0.6 is 0 Å². The van der Waals surface area contributed by atoms with Crippen LogP contribution in [-0.4, -0.2) is 36.0 Å². The van der Waals surface area contributed by atoms with Crippen LogP contribution in [0.15, 0.2) is 0 Å². The second kappa shape index (κ2) is 5.83. The molecule has 1 saturated heterocycles. The van der Waals surface area contributed by atoms with E-state index in [-0.39, 0.29) is 11.7 Å². The molecule has 0 radical (unpaired) electrons. The maximum atomic E-state index is 9.62. The number of hydrogen-bond acceptors (Lipinski definition) is 3. The second-order valence-electron chi connectivity index (χ2n) is 5.15. The fraction of sp³-hybridized carbons (Fsp3) is 1.00. The van der Waals surface area contributed by atoms with Gasteiger partial charge in [0.05, 0.1) is 11.7 Å². The highest BCUT2D eigenvalue weighted by Crippen LogP contribution is 2.23. The maximum Gasteiger partial charge on any atom is 0.0664 e. The van der Waals surface area contributed by atoms with Gasteiger partial charge >= 0.3 is 0 Å². The van der Waals surface area contributed by atoms with Crippen LogP contribution in [0, 0.1) is 0 Å². The molecule has 0 aromatic carbocycles. The van der Waals surface area contributed by atoms with Crippen LogP contribution < -0.4 is 5.32 Å². The molecule has 1 rings (SSSR count). The first-order chi connectivity index (χ1) is 7.03. The Balaban J connectivity index is 2.21. The quantitative estimate of drug-likeness (QED) is 0.733. The third-order valence-corrected chi connectivity index (χ3v) is 2.96. The molecule has 0 aromatic heterocycles. The number of rotatable bonds is 5. The van der Waals surface area contributed by atoms with Crippen LogP contribution in [0.25, 0.3) is 0 Å². The summed E-state index contributed by atoms with van der Waals surface area (Å²) in [5.41, 5.74) is -0.00831. The van der Waals surface area contributed by atoms with E-state index in [1.807, 2.05) is 0 Å². The van der Waals surface area contributed by atoms with Gasteiger partial charge in [0.25, 0.3) is 0 Å². The Morgan fingerprint density at radius 3 is 2.87 bits per heavy atom. The molecule has 0 saturated carbocycles. The molecule has 90 valence electrons. The Kier molecular flexibility index (Phi) is 5.03. The van der Waals surface area contributed by atoms with Gasteiger partial charge in [-0.25, -0.2) is 0 Å². The smallest absolute Gasteiger partial charge is 0.0664 e.